The van der Waals surface area contributed by atoms with E-state index < -0.39 is 17.5 Å². The molecule has 0 N–H and O–H groups in total. The molecule has 5 rings (SSSR count). The van der Waals surface area contributed by atoms with Crippen LogP contribution in [0.2, 0.25) is 0 Å². The van der Waals surface area contributed by atoms with Gasteiger partial charge in [0.2, 0.25) is 0 Å². The Hall–Kier alpha value is -3.57. The van der Waals surface area contributed by atoms with Crippen molar-refractivity contribution in [3.8, 4) is 5.75 Å². The highest BCUT2D eigenvalue weighted by Crippen LogP contribution is 2.53. The van der Waals surface area contributed by atoms with Crippen LogP contribution in [0.1, 0.15) is 20.8 Å². The summed E-state index contributed by atoms with van der Waals surface area (Å²) in [7, 11) is 3.08. The summed E-state index contributed by atoms with van der Waals surface area (Å²) < 4.78 is 28.7. The van der Waals surface area contributed by atoms with Gasteiger partial charge in [0.05, 0.1) is 44.2 Å². The minimum absolute atomic E-state index is 0.161. The summed E-state index contributed by atoms with van der Waals surface area (Å²) in [6, 6.07) is 13.8. The van der Waals surface area contributed by atoms with Crippen LogP contribution < -0.4 is 9.64 Å². The van der Waals surface area contributed by atoms with Crippen molar-refractivity contribution in [2.24, 2.45) is 0 Å². The number of para-hydroxylation sites is 2. The van der Waals surface area contributed by atoms with E-state index in [9.17, 15) is 14.4 Å². The largest absolute Gasteiger partial charge is 0.421 e. The van der Waals surface area contributed by atoms with Gasteiger partial charge in [0, 0.05) is 25.2 Å². The molecule has 0 bridgehead atoms. The highest BCUT2D eigenvalue weighted by Gasteiger charge is 2.62. The number of methoxy groups -OCH3 is 2. The molecule has 3 heterocycles. The van der Waals surface area contributed by atoms with Gasteiger partial charge in [-0.2, -0.15) is 0 Å². The van der Waals surface area contributed by atoms with Crippen molar-refractivity contribution in [1.29, 1.82) is 0 Å². The van der Waals surface area contributed by atoms with Gasteiger partial charge in [-0.1, -0.05) is 24.3 Å². The van der Waals surface area contributed by atoms with E-state index in [1.807, 2.05) is 0 Å². The van der Waals surface area contributed by atoms with E-state index >= 15 is 0 Å². The van der Waals surface area contributed by atoms with Crippen LogP contribution >= 0.6 is 0 Å². The molecule has 1 unspecified atom stereocenters. The molecule has 0 spiro atoms. The van der Waals surface area contributed by atoms with Gasteiger partial charge in [0.25, 0.3) is 5.91 Å². The lowest BCUT2D eigenvalue weighted by atomic mass is 9.88. The Morgan fingerprint density at radius 2 is 1.61 bits per heavy atom. The van der Waals surface area contributed by atoms with E-state index in [4.69, 9.17) is 23.7 Å². The zero-order valence-corrected chi connectivity index (χ0v) is 20.0. The maximum Gasteiger partial charge on any atom is 0.421 e. The Balaban J connectivity index is 1.72. The number of rotatable bonds is 10. The summed E-state index contributed by atoms with van der Waals surface area (Å²) >= 11 is 0. The molecule has 2 aromatic carbocycles. The first-order chi connectivity index (χ1) is 17.6. The summed E-state index contributed by atoms with van der Waals surface area (Å²) in [4.78, 5) is 42.5. The third-order valence-electron chi connectivity index (χ3n) is 6.39. The Morgan fingerprint density at radius 1 is 0.917 bits per heavy atom. The topological polar surface area (TPSA) is 106 Å². The van der Waals surface area contributed by atoms with Crippen LogP contribution in [0.5, 0.6) is 5.75 Å². The number of nitrogens with zero attached hydrogens (tertiary/aromatic N) is 2. The van der Waals surface area contributed by atoms with Crippen LogP contribution in [0.3, 0.4) is 0 Å². The Labute approximate surface area is 207 Å². The number of ether oxygens (including phenoxy) is 5. The number of anilines is 1. The SMILES string of the molecule is COCCOCC(=O)n1c2c(c3ccccc31)OC(=O)N1c3ccccc3C(=O)C21COCCOC. The molecule has 0 radical (unpaired) electrons. The normalized spacial score (nSPS) is 18.2. The molecule has 10 heteroatoms. The molecule has 2 aliphatic rings. The van der Waals surface area contributed by atoms with Gasteiger partial charge in [-0.3, -0.25) is 19.1 Å². The number of fused-ring (bicyclic) bond motifs is 7. The average Bonchev–Trinajstić information content (AvgIpc) is 3.36. The van der Waals surface area contributed by atoms with Crippen molar-refractivity contribution < 1.29 is 38.1 Å². The molecule has 2 aliphatic heterocycles. The summed E-state index contributed by atoms with van der Waals surface area (Å²) in [5, 5.41) is 0.533. The van der Waals surface area contributed by atoms with Crippen molar-refractivity contribution in [3.63, 3.8) is 0 Å². The molecule has 0 saturated carbocycles. The standard InChI is InChI=1S/C26H26N2O8/c1-32-11-13-34-15-21(29)27-19-9-5-3-7-17(19)22-23(27)26(16-35-14-12-33-2)24(30)18-8-4-6-10-20(18)28(26)25(31)36-22/h3-10H,11-16H2,1-2H3. The predicted octanol–water partition coefficient (Wildman–Crippen LogP) is 3.02. The molecule has 188 valence electrons. The Bertz CT molecular complexity index is 1330. The van der Waals surface area contributed by atoms with E-state index in [-0.39, 0.29) is 43.7 Å². The van der Waals surface area contributed by atoms with Crippen LogP contribution in [-0.4, -0.2) is 76.2 Å². The van der Waals surface area contributed by atoms with E-state index in [2.05, 4.69) is 0 Å². The van der Waals surface area contributed by atoms with Crippen molar-refractivity contribution in [2.45, 2.75) is 5.54 Å². The minimum atomic E-state index is -1.65. The maximum atomic E-state index is 14.1. The van der Waals surface area contributed by atoms with E-state index in [0.717, 1.165) is 0 Å². The summed E-state index contributed by atoms with van der Waals surface area (Å²) in [5.41, 5.74) is -0.171. The molecule has 36 heavy (non-hydrogen) atoms. The van der Waals surface area contributed by atoms with Gasteiger partial charge < -0.3 is 23.7 Å². The third-order valence-corrected chi connectivity index (χ3v) is 6.39. The summed E-state index contributed by atoms with van der Waals surface area (Å²) in [6.45, 7) is 0.580. The molecule has 0 fully saturated rings. The predicted molar refractivity (Wildman–Crippen MR) is 129 cm³/mol. The summed E-state index contributed by atoms with van der Waals surface area (Å²) in [6.07, 6.45) is -0.720. The van der Waals surface area contributed by atoms with Gasteiger partial charge in [0.15, 0.2) is 17.1 Å². The lowest BCUT2D eigenvalue weighted by Crippen LogP contribution is -2.58. The monoisotopic (exact) mass is 494 g/mol. The summed E-state index contributed by atoms with van der Waals surface area (Å²) in [5.74, 6) is -0.611. The molecule has 10 nitrogen and oxygen atoms in total. The lowest BCUT2D eigenvalue weighted by Gasteiger charge is -2.40. The Kier molecular flexibility index (Phi) is 6.59. The third kappa shape index (κ3) is 3.61. The van der Waals surface area contributed by atoms with Crippen molar-refractivity contribution in [1.82, 2.24) is 4.57 Å². The van der Waals surface area contributed by atoms with Gasteiger partial charge in [0.1, 0.15) is 12.3 Å². The van der Waals surface area contributed by atoms with Crippen molar-refractivity contribution >= 4 is 34.4 Å². The smallest absolute Gasteiger partial charge is 0.407 e. The molecular weight excluding hydrogens is 468 g/mol. The molecule has 1 aromatic heterocycles. The zero-order valence-electron chi connectivity index (χ0n) is 20.0. The second kappa shape index (κ2) is 9.82. The fourth-order valence-corrected chi connectivity index (χ4v) is 4.86. The van der Waals surface area contributed by atoms with Crippen LogP contribution in [0, 0.1) is 0 Å². The first-order valence-electron chi connectivity index (χ1n) is 11.5. The molecule has 3 aromatic rings. The number of Topliss-reactive ketones (excluding diaryl/α,β-unsaturated/α-hetero) is 1. The van der Waals surface area contributed by atoms with E-state index in [1.54, 1.807) is 62.8 Å². The lowest BCUT2D eigenvalue weighted by molar-refractivity contribution is 0.0333. The number of carbonyl (C=O) groups excluding carboxylic acids is 3. The molecule has 1 atom stereocenters. The van der Waals surface area contributed by atoms with Crippen LogP contribution in [0.25, 0.3) is 10.9 Å². The molecule has 1 amide bonds. The highest BCUT2D eigenvalue weighted by atomic mass is 16.6. The molecule has 0 aliphatic carbocycles. The zero-order chi connectivity index (χ0) is 25.3. The van der Waals surface area contributed by atoms with Crippen LogP contribution in [-0.2, 0) is 24.5 Å². The molecule has 0 saturated heterocycles. The fraction of sp³-hybridized carbons (Fsp3) is 0.346. The quantitative estimate of drug-likeness (QED) is 0.396. The average molecular weight is 495 g/mol. The van der Waals surface area contributed by atoms with Crippen LogP contribution in [0.15, 0.2) is 48.5 Å². The van der Waals surface area contributed by atoms with E-state index in [1.165, 1.54) is 9.47 Å². The minimum Gasteiger partial charge on any atom is -0.407 e. The van der Waals surface area contributed by atoms with E-state index in [0.29, 0.717) is 35.4 Å². The first-order valence-corrected chi connectivity index (χ1v) is 11.5. The van der Waals surface area contributed by atoms with Crippen LogP contribution in [0.4, 0.5) is 10.5 Å². The van der Waals surface area contributed by atoms with Gasteiger partial charge in [-0.25, -0.2) is 4.79 Å². The second-order valence-corrected chi connectivity index (χ2v) is 8.42. The number of ketones is 1. The molecular formula is C26H26N2O8. The number of hydrogen-bond acceptors (Lipinski definition) is 8. The van der Waals surface area contributed by atoms with Crippen molar-refractivity contribution in [2.75, 3.05) is 58.8 Å². The second-order valence-electron chi connectivity index (χ2n) is 8.42. The maximum absolute atomic E-state index is 14.1. The number of benzene rings is 2. The number of aromatic nitrogens is 1. The van der Waals surface area contributed by atoms with Gasteiger partial charge in [-0.05, 0) is 24.3 Å². The fourth-order valence-electron chi connectivity index (χ4n) is 4.86. The Morgan fingerprint density at radius 3 is 2.39 bits per heavy atom. The number of hydrogen-bond donors (Lipinski definition) is 0. The number of carbonyl (C=O) groups is 3. The van der Waals surface area contributed by atoms with Gasteiger partial charge >= 0.3 is 6.09 Å². The van der Waals surface area contributed by atoms with Gasteiger partial charge in [-0.15, -0.1) is 0 Å². The highest BCUT2D eigenvalue weighted by molar-refractivity contribution is 6.22. The first kappa shape index (κ1) is 24.1. The number of amides is 1. The van der Waals surface area contributed by atoms with Crippen molar-refractivity contribution in [3.05, 3.63) is 59.8 Å².